The fraction of sp³-hybridized carbons (Fsp3) is 0.300. The Morgan fingerprint density at radius 1 is 1.15 bits per heavy atom. The first-order chi connectivity index (χ1) is 12.5. The Bertz CT molecular complexity index is 791. The summed E-state index contributed by atoms with van der Waals surface area (Å²) in [6.07, 6.45) is -0.157. The quantitative estimate of drug-likeness (QED) is 0.717. The number of hydrogen-bond acceptors (Lipinski definition) is 4. The number of esters is 1. The van der Waals surface area contributed by atoms with E-state index in [0.717, 1.165) is 5.56 Å². The standard InChI is InChI=1S/C20H22ClNO4/c1-4-17(26-18-9-7-6-8-13(18)3)19(23)22-16-11-10-14(12-15(16)21)20(24)25-5-2/h6-12,17H,4-5H2,1-3H3,(H,22,23). The number of anilines is 1. The Morgan fingerprint density at radius 2 is 1.88 bits per heavy atom. The van der Waals surface area contributed by atoms with Crippen LogP contribution in [-0.4, -0.2) is 24.6 Å². The van der Waals surface area contributed by atoms with Crippen LogP contribution in [0.3, 0.4) is 0 Å². The lowest BCUT2D eigenvalue weighted by atomic mass is 10.2. The average molecular weight is 376 g/mol. The number of rotatable bonds is 7. The molecule has 6 heteroatoms. The molecule has 5 nitrogen and oxygen atoms in total. The third kappa shape index (κ3) is 4.99. The molecule has 0 spiro atoms. The average Bonchev–Trinajstić information content (AvgIpc) is 2.62. The molecule has 138 valence electrons. The van der Waals surface area contributed by atoms with Crippen molar-refractivity contribution in [3.8, 4) is 5.75 Å². The minimum atomic E-state index is -0.656. The number of nitrogens with one attached hydrogen (secondary N) is 1. The Hall–Kier alpha value is -2.53. The number of para-hydroxylation sites is 1. The lowest BCUT2D eigenvalue weighted by Gasteiger charge is -2.19. The SMILES string of the molecule is CCOC(=O)c1ccc(NC(=O)C(CC)Oc2ccccc2C)c(Cl)c1. The number of ether oxygens (including phenoxy) is 2. The van der Waals surface area contributed by atoms with E-state index in [9.17, 15) is 9.59 Å². The van der Waals surface area contributed by atoms with Crippen LogP contribution in [0.25, 0.3) is 0 Å². The molecular formula is C20H22ClNO4. The van der Waals surface area contributed by atoms with E-state index in [1.165, 1.54) is 6.07 Å². The highest BCUT2D eigenvalue weighted by Gasteiger charge is 2.20. The molecule has 0 aromatic heterocycles. The molecule has 0 radical (unpaired) electrons. The zero-order valence-electron chi connectivity index (χ0n) is 15.0. The maximum Gasteiger partial charge on any atom is 0.338 e. The zero-order chi connectivity index (χ0) is 19.1. The van der Waals surface area contributed by atoms with Gasteiger partial charge in [0.25, 0.3) is 5.91 Å². The first-order valence-electron chi connectivity index (χ1n) is 8.46. The topological polar surface area (TPSA) is 64.6 Å². The fourth-order valence-corrected chi connectivity index (χ4v) is 2.56. The van der Waals surface area contributed by atoms with Gasteiger partial charge in [0.2, 0.25) is 0 Å². The van der Waals surface area contributed by atoms with Gasteiger partial charge in [-0.25, -0.2) is 4.79 Å². The first-order valence-corrected chi connectivity index (χ1v) is 8.83. The number of aryl methyl sites for hydroxylation is 1. The van der Waals surface area contributed by atoms with Gasteiger partial charge in [0, 0.05) is 0 Å². The van der Waals surface area contributed by atoms with Crippen molar-refractivity contribution in [2.45, 2.75) is 33.3 Å². The van der Waals surface area contributed by atoms with E-state index in [0.29, 0.717) is 23.4 Å². The van der Waals surface area contributed by atoms with Crippen molar-refractivity contribution in [3.63, 3.8) is 0 Å². The lowest BCUT2D eigenvalue weighted by Crippen LogP contribution is -2.32. The van der Waals surface area contributed by atoms with Crippen molar-refractivity contribution in [2.75, 3.05) is 11.9 Å². The smallest absolute Gasteiger partial charge is 0.338 e. The van der Waals surface area contributed by atoms with Crippen molar-refractivity contribution in [1.82, 2.24) is 0 Å². The normalized spacial score (nSPS) is 11.5. The lowest BCUT2D eigenvalue weighted by molar-refractivity contribution is -0.122. The van der Waals surface area contributed by atoms with Crippen LogP contribution in [0.2, 0.25) is 5.02 Å². The molecular weight excluding hydrogens is 354 g/mol. The molecule has 0 aliphatic rings. The van der Waals surface area contributed by atoms with Gasteiger partial charge >= 0.3 is 5.97 Å². The largest absolute Gasteiger partial charge is 0.480 e. The predicted molar refractivity (Wildman–Crippen MR) is 102 cm³/mol. The van der Waals surface area contributed by atoms with Gasteiger partial charge in [0.05, 0.1) is 22.9 Å². The summed E-state index contributed by atoms with van der Waals surface area (Å²) in [5.41, 5.74) is 1.70. The van der Waals surface area contributed by atoms with Gasteiger partial charge in [-0.05, 0) is 50.1 Å². The minimum Gasteiger partial charge on any atom is -0.480 e. The van der Waals surface area contributed by atoms with Crippen LogP contribution in [0.1, 0.15) is 36.2 Å². The Labute approximate surface area is 158 Å². The molecule has 1 N–H and O–H groups in total. The summed E-state index contributed by atoms with van der Waals surface area (Å²) < 4.78 is 10.8. The Kier molecular flexibility index (Phi) is 7.04. The summed E-state index contributed by atoms with van der Waals surface area (Å²) in [6, 6.07) is 12.1. The predicted octanol–water partition coefficient (Wildman–Crippen LogP) is 4.62. The second-order valence-corrected chi connectivity index (χ2v) is 6.09. The zero-order valence-corrected chi connectivity index (χ0v) is 15.8. The van der Waals surface area contributed by atoms with E-state index in [-0.39, 0.29) is 17.5 Å². The Morgan fingerprint density at radius 3 is 2.50 bits per heavy atom. The van der Waals surface area contributed by atoms with Gasteiger partial charge in [-0.15, -0.1) is 0 Å². The highest BCUT2D eigenvalue weighted by atomic mass is 35.5. The van der Waals surface area contributed by atoms with E-state index in [4.69, 9.17) is 21.1 Å². The number of halogens is 1. The van der Waals surface area contributed by atoms with Crippen LogP contribution in [0.4, 0.5) is 5.69 Å². The maximum atomic E-state index is 12.5. The molecule has 1 atom stereocenters. The number of amides is 1. The summed E-state index contributed by atoms with van der Waals surface area (Å²) in [6.45, 7) is 5.80. The molecule has 2 aromatic carbocycles. The van der Waals surface area contributed by atoms with Gasteiger partial charge < -0.3 is 14.8 Å². The highest BCUT2D eigenvalue weighted by molar-refractivity contribution is 6.34. The van der Waals surface area contributed by atoms with Gasteiger partial charge in [-0.3, -0.25) is 4.79 Å². The summed E-state index contributed by atoms with van der Waals surface area (Å²) in [5, 5.41) is 3.01. The van der Waals surface area contributed by atoms with Crippen molar-refractivity contribution < 1.29 is 19.1 Å². The highest BCUT2D eigenvalue weighted by Crippen LogP contribution is 2.25. The van der Waals surface area contributed by atoms with Gasteiger partial charge in [0.1, 0.15) is 5.75 Å². The molecule has 1 amide bonds. The maximum absolute atomic E-state index is 12.5. The van der Waals surface area contributed by atoms with E-state index in [1.807, 2.05) is 38.1 Å². The molecule has 0 heterocycles. The second-order valence-electron chi connectivity index (χ2n) is 5.68. The van der Waals surface area contributed by atoms with Crippen LogP contribution in [0.15, 0.2) is 42.5 Å². The molecule has 2 rings (SSSR count). The van der Waals surface area contributed by atoms with Crippen molar-refractivity contribution in [1.29, 1.82) is 0 Å². The third-order valence-electron chi connectivity index (χ3n) is 3.76. The molecule has 1 unspecified atom stereocenters. The number of carbonyl (C=O) groups excluding carboxylic acids is 2. The van der Waals surface area contributed by atoms with E-state index < -0.39 is 12.1 Å². The summed E-state index contributed by atoms with van der Waals surface area (Å²) in [7, 11) is 0. The Balaban J connectivity index is 2.10. The summed E-state index contributed by atoms with van der Waals surface area (Å²) >= 11 is 6.19. The van der Waals surface area contributed by atoms with Crippen molar-refractivity contribution in [3.05, 3.63) is 58.6 Å². The molecule has 26 heavy (non-hydrogen) atoms. The van der Waals surface area contributed by atoms with E-state index >= 15 is 0 Å². The van der Waals surface area contributed by atoms with Crippen LogP contribution in [0, 0.1) is 6.92 Å². The van der Waals surface area contributed by atoms with Crippen molar-refractivity contribution >= 4 is 29.2 Å². The van der Waals surface area contributed by atoms with Gasteiger partial charge in [-0.2, -0.15) is 0 Å². The van der Waals surface area contributed by atoms with Crippen LogP contribution in [-0.2, 0) is 9.53 Å². The van der Waals surface area contributed by atoms with Gasteiger partial charge in [0.15, 0.2) is 6.10 Å². The number of benzene rings is 2. The molecule has 0 saturated carbocycles. The number of hydrogen-bond donors (Lipinski definition) is 1. The van der Waals surface area contributed by atoms with E-state index in [2.05, 4.69) is 5.32 Å². The van der Waals surface area contributed by atoms with E-state index in [1.54, 1.807) is 19.1 Å². The molecule has 0 aliphatic heterocycles. The monoisotopic (exact) mass is 375 g/mol. The van der Waals surface area contributed by atoms with Crippen molar-refractivity contribution in [2.24, 2.45) is 0 Å². The molecule has 0 saturated heterocycles. The van der Waals surface area contributed by atoms with Crippen LogP contribution >= 0.6 is 11.6 Å². The number of carbonyl (C=O) groups is 2. The summed E-state index contributed by atoms with van der Waals surface area (Å²) in [4.78, 5) is 24.3. The van der Waals surface area contributed by atoms with Gasteiger partial charge in [-0.1, -0.05) is 36.7 Å². The van der Waals surface area contributed by atoms with Crippen LogP contribution < -0.4 is 10.1 Å². The molecule has 0 aliphatic carbocycles. The van der Waals surface area contributed by atoms with Crippen LogP contribution in [0.5, 0.6) is 5.75 Å². The third-order valence-corrected chi connectivity index (χ3v) is 4.08. The first kappa shape index (κ1) is 19.8. The second kappa shape index (κ2) is 9.25. The minimum absolute atomic E-state index is 0.259. The molecule has 0 fully saturated rings. The molecule has 2 aromatic rings. The summed E-state index contributed by atoms with van der Waals surface area (Å²) in [5.74, 6) is -0.0959. The fourth-order valence-electron chi connectivity index (χ4n) is 2.34. The molecule has 0 bridgehead atoms.